The summed E-state index contributed by atoms with van der Waals surface area (Å²) in [6, 6.07) is 9.10. The van der Waals surface area contributed by atoms with Crippen LogP contribution in [0.1, 0.15) is 5.69 Å². The maximum atomic E-state index is 13.4. The Morgan fingerprint density at radius 2 is 1.97 bits per heavy atom. The maximum absolute atomic E-state index is 13.4. The van der Waals surface area contributed by atoms with Gasteiger partial charge in [0.25, 0.3) is 0 Å². The van der Waals surface area contributed by atoms with Gasteiger partial charge in [-0.2, -0.15) is 4.39 Å². The van der Waals surface area contributed by atoms with Crippen molar-refractivity contribution >= 4 is 33.6 Å². The number of rotatable bonds is 5. The Morgan fingerprint density at radius 3 is 2.69 bits per heavy atom. The summed E-state index contributed by atoms with van der Waals surface area (Å²) >= 11 is 1.35. The van der Waals surface area contributed by atoms with Crippen LogP contribution in [0, 0.1) is 21.7 Å². The summed E-state index contributed by atoms with van der Waals surface area (Å²) in [7, 11) is 0. The normalized spacial score (nSPS) is 11.0. The molecule has 4 rings (SSSR count). The third kappa shape index (κ3) is 3.83. The maximum Gasteiger partial charge on any atom is 0.306 e. The second-order valence-electron chi connectivity index (χ2n) is 6.16. The highest BCUT2D eigenvalue weighted by atomic mass is 32.1. The second-order valence-corrected chi connectivity index (χ2v) is 7.00. The van der Waals surface area contributed by atoms with Crippen molar-refractivity contribution in [1.29, 1.82) is 0 Å². The van der Waals surface area contributed by atoms with E-state index in [4.69, 9.17) is 0 Å². The van der Waals surface area contributed by atoms with Crippen LogP contribution >= 0.6 is 11.3 Å². The van der Waals surface area contributed by atoms with E-state index < -0.39 is 22.3 Å². The molecular weight excluding hydrogens is 402 g/mol. The average Bonchev–Trinajstić information content (AvgIpc) is 3.26. The molecule has 0 unspecified atom stereocenters. The molecule has 2 aromatic carbocycles. The molecule has 0 saturated heterocycles. The van der Waals surface area contributed by atoms with Crippen LogP contribution in [0.15, 0.2) is 54.0 Å². The Hall–Kier alpha value is -3.66. The van der Waals surface area contributed by atoms with Crippen LogP contribution in [0.2, 0.25) is 0 Å². The van der Waals surface area contributed by atoms with Crippen molar-refractivity contribution in [1.82, 2.24) is 9.38 Å². The number of hydrogen-bond donors (Lipinski definition) is 1. The van der Waals surface area contributed by atoms with Crippen LogP contribution in [-0.2, 0) is 11.2 Å². The molecular formula is C19H12F2N4O3S. The number of amides is 1. The zero-order valence-electron chi connectivity index (χ0n) is 14.6. The molecule has 0 radical (unpaired) electrons. The van der Waals surface area contributed by atoms with Gasteiger partial charge in [-0.05, 0) is 36.4 Å². The molecule has 146 valence electrons. The van der Waals surface area contributed by atoms with Crippen molar-refractivity contribution in [2.45, 2.75) is 6.42 Å². The number of hydrogen-bond acceptors (Lipinski definition) is 5. The smallest absolute Gasteiger partial charge is 0.306 e. The average molecular weight is 414 g/mol. The predicted molar refractivity (Wildman–Crippen MR) is 104 cm³/mol. The fourth-order valence-electron chi connectivity index (χ4n) is 2.82. The van der Waals surface area contributed by atoms with Gasteiger partial charge in [-0.15, -0.1) is 11.3 Å². The van der Waals surface area contributed by atoms with Gasteiger partial charge in [0.1, 0.15) is 5.82 Å². The van der Waals surface area contributed by atoms with Crippen LogP contribution in [0.5, 0.6) is 0 Å². The minimum Gasteiger partial charge on any atom is -0.325 e. The van der Waals surface area contributed by atoms with Gasteiger partial charge < -0.3 is 5.32 Å². The molecule has 10 heteroatoms. The SMILES string of the molecule is O=C(Cc1csc2nc(-c3ccc(F)cc3)cn12)Nc1ccc(F)c([N+](=O)[O-])c1. The summed E-state index contributed by atoms with van der Waals surface area (Å²) in [5.41, 5.74) is 1.48. The molecule has 29 heavy (non-hydrogen) atoms. The summed E-state index contributed by atoms with van der Waals surface area (Å²) in [6.45, 7) is 0. The van der Waals surface area contributed by atoms with Crippen LogP contribution in [0.3, 0.4) is 0 Å². The van der Waals surface area contributed by atoms with Crippen LogP contribution in [0.25, 0.3) is 16.2 Å². The van der Waals surface area contributed by atoms with E-state index in [0.29, 0.717) is 16.3 Å². The number of benzene rings is 2. The number of thiazole rings is 1. The number of halogens is 2. The van der Waals surface area contributed by atoms with Crippen molar-refractivity contribution in [2.75, 3.05) is 5.32 Å². The van der Waals surface area contributed by atoms with Gasteiger partial charge in [0.05, 0.1) is 17.0 Å². The predicted octanol–water partition coefficient (Wildman–Crippen LogP) is 4.43. The fourth-order valence-corrected chi connectivity index (χ4v) is 3.69. The molecule has 0 bridgehead atoms. The zero-order valence-corrected chi connectivity index (χ0v) is 15.5. The number of fused-ring (bicyclic) bond motifs is 1. The number of nitro benzene ring substituents is 1. The van der Waals surface area contributed by atoms with E-state index in [-0.39, 0.29) is 17.9 Å². The molecule has 4 aromatic rings. The van der Waals surface area contributed by atoms with Gasteiger partial charge in [0, 0.05) is 34.6 Å². The fraction of sp³-hybridized carbons (Fsp3) is 0.0526. The summed E-state index contributed by atoms with van der Waals surface area (Å²) in [6.07, 6.45) is 1.74. The van der Waals surface area contributed by atoms with Gasteiger partial charge >= 0.3 is 5.69 Å². The van der Waals surface area contributed by atoms with Gasteiger partial charge in [-0.3, -0.25) is 19.3 Å². The molecule has 7 nitrogen and oxygen atoms in total. The summed E-state index contributed by atoms with van der Waals surface area (Å²) in [5.74, 6) is -1.73. The number of imidazole rings is 1. The molecule has 0 aliphatic rings. The standard InChI is InChI=1S/C19H12F2N4O3S/c20-12-3-1-11(2-4-12)16-9-24-14(10-29-19(24)23-16)8-18(26)22-13-5-6-15(21)17(7-13)25(27)28/h1-7,9-10H,8H2,(H,22,26). The largest absolute Gasteiger partial charge is 0.325 e. The quantitative estimate of drug-likeness (QED) is 0.386. The highest BCUT2D eigenvalue weighted by Gasteiger charge is 2.17. The molecule has 0 aliphatic carbocycles. The Morgan fingerprint density at radius 1 is 1.21 bits per heavy atom. The Labute approximate surface area is 166 Å². The first-order valence-corrected chi connectivity index (χ1v) is 9.24. The van der Waals surface area contributed by atoms with E-state index in [1.807, 2.05) is 0 Å². The molecule has 2 heterocycles. The van der Waals surface area contributed by atoms with Crippen molar-refractivity contribution in [3.63, 3.8) is 0 Å². The number of carbonyl (C=O) groups is 1. The van der Waals surface area contributed by atoms with E-state index in [0.717, 1.165) is 17.7 Å². The van der Waals surface area contributed by atoms with Crippen molar-refractivity contribution < 1.29 is 18.5 Å². The first-order chi connectivity index (χ1) is 13.9. The first-order valence-electron chi connectivity index (χ1n) is 8.36. The molecule has 2 aromatic heterocycles. The Bertz CT molecular complexity index is 1230. The van der Waals surface area contributed by atoms with Crippen LogP contribution in [-0.4, -0.2) is 20.2 Å². The summed E-state index contributed by atoms with van der Waals surface area (Å²) in [4.78, 5) is 27.5. The Balaban J connectivity index is 1.53. The minimum absolute atomic E-state index is 0.00953. The highest BCUT2D eigenvalue weighted by Crippen LogP contribution is 2.25. The summed E-state index contributed by atoms with van der Waals surface area (Å²) < 4.78 is 28.3. The van der Waals surface area contributed by atoms with E-state index in [1.165, 1.54) is 29.5 Å². The molecule has 0 spiro atoms. The minimum atomic E-state index is -0.973. The van der Waals surface area contributed by atoms with Crippen molar-refractivity contribution in [3.05, 3.63) is 81.5 Å². The van der Waals surface area contributed by atoms with Gasteiger partial charge in [-0.25, -0.2) is 9.37 Å². The topological polar surface area (TPSA) is 89.5 Å². The first kappa shape index (κ1) is 18.7. The molecule has 1 amide bonds. The number of aromatic nitrogens is 2. The Kier molecular flexibility index (Phi) is 4.77. The lowest BCUT2D eigenvalue weighted by Crippen LogP contribution is -2.15. The van der Waals surface area contributed by atoms with E-state index in [2.05, 4.69) is 10.3 Å². The van der Waals surface area contributed by atoms with Gasteiger partial charge in [-0.1, -0.05) is 0 Å². The monoisotopic (exact) mass is 414 g/mol. The number of nitro groups is 1. The lowest BCUT2D eigenvalue weighted by molar-refractivity contribution is -0.387. The third-order valence-electron chi connectivity index (χ3n) is 4.19. The van der Waals surface area contributed by atoms with Crippen molar-refractivity contribution in [2.24, 2.45) is 0 Å². The number of anilines is 1. The van der Waals surface area contributed by atoms with Gasteiger partial charge in [0.2, 0.25) is 11.7 Å². The van der Waals surface area contributed by atoms with E-state index in [9.17, 15) is 23.7 Å². The zero-order chi connectivity index (χ0) is 20.5. The van der Waals surface area contributed by atoms with Crippen LogP contribution in [0.4, 0.5) is 20.2 Å². The number of nitrogens with one attached hydrogen (secondary N) is 1. The molecule has 0 aliphatic heterocycles. The lowest BCUT2D eigenvalue weighted by atomic mass is 10.2. The molecule has 1 N–H and O–H groups in total. The van der Waals surface area contributed by atoms with Gasteiger partial charge in [0.15, 0.2) is 4.96 Å². The van der Waals surface area contributed by atoms with Crippen LogP contribution < -0.4 is 5.32 Å². The number of carbonyl (C=O) groups excluding carboxylic acids is 1. The second kappa shape index (κ2) is 7.40. The van der Waals surface area contributed by atoms with E-state index in [1.54, 1.807) is 28.1 Å². The highest BCUT2D eigenvalue weighted by molar-refractivity contribution is 7.15. The number of nitrogens with zero attached hydrogens (tertiary/aromatic N) is 3. The molecule has 0 saturated carbocycles. The molecule has 0 fully saturated rings. The molecule has 0 atom stereocenters. The lowest BCUT2D eigenvalue weighted by Gasteiger charge is -2.05. The van der Waals surface area contributed by atoms with E-state index >= 15 is 0 Å². The van der Waals surface area contributed by atoms with Crippen molar-refractivity contribution in [3.8, 4) is 11.3 Å². The third-order valence-corrected chi connectivity index (χ3v) is 5.08. The summed E-state index contributed by atoms with van der Waals surface area (Å²) in [5, 5.41) is 15.1.